The lowest BCUT2D eigenvalue weighted by atomic mass is 9.94. The number of rotatable bonds is 4. The summed E-state index contributed by atoms with van der Waals surface area (Å²) in [6.07, 6.45) is 0.838. The van der Waals surface area contributed by atoms with Crippen LogP contribution in [0.3, 0.4) is 0 Å². The highest BCUT2D eigenvalue weighted by atomic mass is 35.5. The summed E-state index contributed by atoms with van der Waals surface area (Å²) in [7, 11) is 0. The molecule has 5 heteroatoms. The summed E-state index contributed by atoms with van der Waals surface area (Å²) < 4.78 is 0. The van der Waals surface area contributed by atoms with Crippen molar-refractivity contribution in [1.29, 1.82) is 0 Å². The lowest BCUT2D eigenvalue weighted by Gasteiger charge is -2.39. The van der Waals surface area contributed by atoms with Crippen LogP contribution in [0.1, 0.15) is 32.8 Å². The number of carbonyl (C=O) groups is 2. The molecule has 1 heterocycles. The maximum Gasteiger partial charge on any atom is 0.246 e. The fourth-order valence-electron chi connectivity index (χ4n) is 2.49. The van der Waals surface area contributed by atoms with Crippen molar-refractivity contribution in [1.82, 2.24) is 10.2 Å². The first-order valence-electron chi connectivity index (χ1n) is 7.30. The van der Waals surface area contributed by atoms with Crippen LogP contribution in [0.15, 0.2) is 24.3 Å². The molecular formula is C16H21ClN2O2. The topological polar surface area (TPSA) is 49.4 Å². The molecule has 0 aromatic heterocycles. The summed E-state index contributed by atoms with van der Waals surface area (Å²) in [4.78, 5) is 26.4. The van der Waals surface area contributed by atoms with Gasteiger partial charge in [-0.05, 0) is 24.5 Å². The summed E-state index contributed by atoms with van der Waals surface area (Å²) in [5, 5.41) is 3.45. The molecule has 0 spiro atoms. The van der Waals surface area contributed by atoms with Crippen LogP contribution < -0.4 is 5.32 Å². The second-order valence-corrected chi connectivity index (χ2v) is 6.01. The largest absolute Gasteiger partial charge is 0.342 e. The van der Waals surface area contributed by atoms with Gasteiger partial charge in [0.05, 0.1) is 0 Å². The molecule has 1 aliphatic rings. The molecule has 1 N–H and O–H groups in total. The molecule has 1 aromatic rings. The summed E-state index contributed by atoms with van der Waals surface area (Å²) in [6.45, 7) is 6.10. The molecule has 3 atom stereocenters. The first-order chi connectivity index (χ1) is 9.95. The van der Waals surface area contributed by atoms with Gasteiger partial charge in [0, 0.05) is 11.6 Å². The number of nitrogens with zero attached hydrogens (tertiary/aromatic N) is 1. The van der Waals surface area contributed by atoms with Crippen LogP contribution in [0.4, 0.5) is 0 Å². The van der Waals surface area contributed by atoms with Crippen LogP contribution in [-0.4, -0.2) is 28.8 Å². The fourth-order valence-corrected chi connectivity index (χ4v) is 2.69. The van der Waals surface area contributed by atoms with Crippen molar-refractivity contribution in [3.63, 3.8) is 0 Å². The highest BCUT2D eigenvalue weighted by Gasteiger charge is 2.40. The average molecular weight is 309 g/mol. The van der Waals surface area contributed by atoms with Gasteiger partial charge in [-0.25, -0.2) is 0 Å². The van der Waals surface area contributed by atoms with Crippen molar-refractivity contribution in [3.05, 3.63) is 34.9 Å². The number of halogens is 1. The van der Waals surface area contributed by atoms with Crippen LogP contribution in [-0.2, 0) is 16.1 Å². The Hall–Kier alpha value is -1.55. The van der Waals surface area contributed by atoms with Crippen molar-refractivity contribution in [2.75, 3.05) is 0 Å². The monoisotopic (exact) mass is 308 g/mol. The van der Waals surface area contributed by atoms with E-state index >= 15 is 0 Å². The molecule has 1 aliphatic heterocycles. The molecule has 3 unspecified atom stereocenters. The van der Waals surface area contributed by atoms with E-state index in [0.717, 1.165) is 12.0 Å². The SMILES string of the molecule is CCC(C)C1NC(=O)C(C)N(Cc2ccccc2Cl)C1=O. The van der Waals surface area contributed by atoms with E-state index in [0.29, 0.717) is 11.6 Å². The molecule has 1 aromatic carbocycles. The van der Waals surface area contributed by atoms with Gasteiger partial charge < -0.3 is 10.2 Å². The van der Waals surface area contributed by atoms with E-state index in [4.69, 9.17) is 11.6 Å². The molecule has 0 aliphatic carbocycles. The molecule has 21 heavy (non-hydrogen) atoms. The molecule has 2 amide bonds. The quantitative estimate of drug-likeness (QED) is 0.929. The molecular weight excluding hydrogens is 288 g/mol. The minimum Gasteiger partial charge on any atom is -0.342 e. The first-order valence-corrected chi connectivity index (χ1v) is 7.67. The molecule has 4 nitrogen and oxygen atoms in total. The number of hydrogen-bond acceptors (Lipinski definition) is 2. The normalized spacial score (nSPS) is 23.9. The molecule has 1 saturated heterocycles. The second kappa shape index (κ2) is 6.48. The van der Waals surface area contributed by atoms with Crippen molar-refractivity contribution < 1.29 is 9.59 Å². The Morgan fingerprint density at radius 1 is 1.33 bits per heavy atom. The lowest BCUT2D eigenvalue weighted by Crippen LogP contribution is -2.63. The van der Waals surface area contributed by atoms with E-state index in [1.165, 1.54) is 0 Å². The Balaban J connectivity index is 2.25. The van der Waals surface area contributed by atoms with Crippen molar-refractivity contribution >= 4 is 23.4 Å². The zero-order valence-corrected chi connectivity index (χ0v) is 13.4. The van der Waals surface area contributed by atoms with Gasteiger partial charge in [-0.3, -0.25) is 9.59 Å². The highest BCUT2D eigenvalue weighted by Crippen LogP contribution is 2.23. The van der Waals surface area contributed by atoms with Crippen LogP contribution in [0.2, 0.25) is 5.02 Å². The standard InChI is InChI=1S/C16H21ClN2O2/c1-4-10(2)14-16(21)19(11(3)15(20)18-14)9-12-7-5-6-8-13(12)17/h5-8,10-11,14H,4,9H2,1-3H3,(H,18,20). The third kappa shape index (κ3) is 3.21. The maximum atomic E-state index is 12.7. The molecule has 2 rings (SSSR count). The van der Waals surface area contributed by atoms with Crippen LogP contribution >= 0.6 is 11.6 Å². The minimum atomic E-state index is -0.478. The Kier molecular flexibility index (Phi) is 4.88. The van der Waals surface area contributed by atoms with E-state index in [-0.39, 0.29) is 17.7 Å². The van der Waals surface area contributed by atoms with E-state index in [1.54, 1.807) is 17.9 Å². The lowest BCUT2D eigenvalue weighted by molar-refractivity contribution is -0.150. The number of amides is 2. The van der Waals surface area contributed by atoms with Gasteiger partial charge in [0.15, 0.2) is 0 Å². The van der Waals surface area contributed by atoms with Crippen molar-refractivity contribution in [3.8, 4) is 0 Å². The Labute approximate surface area is 130 Å². The van der Waals surface area contributed by atoms with Crippen LogP contribution in [0.5, 0.6) is 0 Å². The number of hydrogen-bond donors (Lipinski definition) is 1. The van der Waals surface area contributed by atoms with Gasteiger partial charge in [-0.2, -0.15) is 0 Å². The highest BCUT2D eigenvalue weighted by molar-refractivity contribution is 6.31. The molecule has 0 radical (unpaired) electrons. The zero-order valence-electron chi connectivity index (χ0n) is 12.6. The smallest absolute Gasteiger partial charge is 0.246 e. The Morgan fingerprint density at radius 3 is 2.62 bits per heavy atom. The maximum absolute atomic E-state index is 12.7. The van der Waals surface area contributed by atoms with Gasteiger partial charge in [0.2, 0.25) is 11.8 Å². The predicted molar refractivity (Wildman–Crippen MR) is 82.8 cm³/mol. The minimum absolute atomic E-state index is 0.0311. The van der Waals surface area contributed by atoms with E-state index in [1.807, 2.05) is 32.0 Å². The van der Waals surface area contributed by atoms with Gasteiger partial charge >= 0.3 is 0 Å². The molecule has 0 bridgehead atoms. The zero-order chi connectivity index (χ0) is 15.6. The third-order valence-corrected chi connectivity index (χ3v) is 4.57. The van der Waals surface area contributed by atoms with Crippen molar-refractivity contribution in [2.24, 2.45) is 5.92 Å². The van der Waals surface area contributed by atoms with E-state index < -0.39 is 12.1 Å². The Bertz CT molecular complexity index is 547. The predicted octanol–water partition coefficient (Wildman–Crippen LogP) is 2.60. The average Bonchev–Trinajstić information content (AvgIpc) is 2.48. The van der Waals surface area contributed by atoms with Crippen LogP contribution in [0.25, 0.3) is 0 Å². The first kappa shape index (κ1) is 15.8. The van der Waals surface area contributed by atoms with Crippen molar-refractivity contribution in [2.45, 2.75) is 45.8 Å². The van der Waals surface area contributed by atoms with Gasteiger partial charge in [0.25, 0.3) is 0 Å². The second-order valence-electron chi connectivity index (χ2n) is 5.61. The fraction of sp³-hybridized carbons (Fsp3) is 0.500. The van der Waals surface area contributed by atoms with E-state index in [2.05, 4.69) is 5.32 Å². The summed E-state index contributed by atoms with van der Waals surface area (Å²) in [5.74, 6) is -0.0222. The van der Waals surface area contributed by atoms with Gasteiger partial charge in [-0.1, -0.05) is 50.1 Å². The Morgan fingerprint density at radius 2 is 2.00 bits per heavy atom. The number of benzene rings is 1. The van der Waals surface area contributed by atoms with Gasteiger partial charge in [0.1, 0.15) is 12.1 Å². The number of carbonyl (C=O) groups excluding carboxylic acids is 2. The molecule has 0 saturated carbocycles. The van der Waals surface area contributed by atoms with Crippen LogP contribution in [0, 0.1) is 5.92 Å². The summed E-state index contributed by atoms with van der Waals surface area (Å²) >= 11 is 6.16. The summed E-state index contributed by atoms with van der Waals surface area (Å²) in [5.41, 5.74) is 0.858. The summed E-state index contributed by atoms with van der Waals surface area (Å²) in [6, 6.07) is 6.49. The molecule has 114 valence electrons. The number of piperazine rings is 1. The number of nitrogens with one attached hydrogen (secondary N) is 1. The third-order valence-electron chi connectivity index (χ3n) is 4.21. The molecule has 1 fully saturated rings. The van der Waals surface area contributed by atoms with Gasteiger partial charge in [-0.15, -0.1) is 0 Å². The van der Waals surface area contributed by atoms with E-state index in [9.17, 15) is 9.59 Å².